The van der Waals surface area contributed by atoms with Gasteiger partial charge in [-0.25, -0.2) is 0 Å². The van der Waals surface area contributed by atoms with Gasteiger partial charge in [0.1, 0.15) is 0 Å². The fraction of sp³-hybridized carbons (Fsp3) is 0.417. The number of aliphatic hydroxyl groups is 1. The number of hydrogen-bond acceptors (Lipinski definition) is 3. The first-order chi connectivity index (χ1) is 13.2. The number of hydrogen-bond donors (Lipinski definition) is 1. The van der Waals surface area contributed by atoms with Crippen LogP contribution in [0.1, 0.15) is 37.0 Å². The van der Waals surface area contributed by atoms with E-state index in [1.54, 1.807) is 0 Å². The molecule has 27 heavy (non-hydrogen) atoms. The average Bonchev–Trinajstić information content (AvgIpc) is 2.68. The normalized spacial score (nSPS) is 18.3. The lowest BCUT2D eigenvalue weighted by Gasteiger charge is -2.43. The van der Waals surface area contributed by atoms with Crippen LogP contribution in [-0.4, -0.2) is 53.2 Å². The van der Waals surface area contributed by atoms with E-state index in [-0.39, 0.29) is 6.61 Å². The number of nitrogens with zero attached hydrogens (tertiary/aromatic N) is 2. The van der Waals surface area contributed by atoms with Gasteiger partial charge in [0.2, 0.25) is 0 Å². The van der Waals surface area contributed by atoms with Crippen molar-refractivity contribution in [2.24, 2.45) is 0 Å². The molecule has 0 aromatic heterocycles. The van der Waals surface area contributed by atoms with E-state index in [2.05, 4.69) is 59.8 Å². The Morgan fingerprint density at radius 3 is 2.48 bits per heavy atom. The Hall–Kier alpha value is -2.12. The van der Waals surface area contributed by atoms with Crippen molar-refractivity contribution in [3.8, 4) is 11.8 Å². The fourth-order valence-electron chi connectivity index (χ4n) is 3.85. The predicted molar refractivity (Wildman–Crippen MR) is 111 cm³/mol. The van der Waals surface area contributed by atoms with Crippen molar-refractivity contribution in [3.63, 3.8) is 0 Å². The summed E-state index contributed by atoms with van der Waals surface area (Å²) in [6, 6.07) is 19.5. The second-order valence-electron chi connectivity index (χ2n) is 7.51. The zero-order chi connectivity index (χ0) is 19.1. The van der Waals surface area contributed by atoms with E-state index < -0.39 is 0 Å². The maximum absolute atomic E-state index is 9.45. The number of aliphatic hydroxyl groups excluding tert-OH is 1. The van der Waals surface area contributed by atoms with Gasteiger partial charge in [0.15, 0.2) is 0 Å². The molecule has 3 heteroatoms. The molecule has 1 N–H and O–H groups in total. The van der Waals surface area contributed by atoms with Crippen LogP contribution in [0.5, 0.6) is 0 Å². The van der Waals surface area contributed by atoms with Crippen molar-refractivity contribution >= 4 is 0 Å². The van der Waals surface area contributed by atoms with Crippen molar-refractivity contribution in [1.82, 2.24) is 9.80 Å². The molecule has 2 aromatic rings. The zero-order valence-corrected chi connectivity index (χ0v) is 16.4. The molecule has 0 spiro atoms. The molecule has 1 fully saturated rings. The smallest absolute Gasteiger partial charge is 0.0446 e. The van der Waals surface area contributed by atoms with Gasteiger partial charge < -0.3 is 5.11 Å². The maximum Gasteiger partial charge on any atom is 0.0446 e. The van der Waals surface area contributed by atoms with E-state index in [0.717, 1.165) is 43.7 Å². The molecule has 0 bridgehead atoms. The van der Waals surface area contributed by atoms with Crippen LogP contribution in [0.4, 0.5) is 0 Å². The van der Waals surface area contributed by atoms with Gasteiger partial charge in [-0.1, -0.05) is 48.2 Å². The second kappa shape index (κ2) is 9.71. The van der Waals surface area contributed by atoms with Gasteiger partial charge in [0, 0.05) is 56.0 Å². The van der Waals surface area contributed by atoms with Crippen molar-refractivity contribution in [2.75, 3.05) is 26.2 Å². The molecule has 142 valence electrons. The zero-order valence-electron chi connectivity index (χ0n) is 16.4. The van der Waals surface area contributed by atoms with Gasteiger partial charge in [-0.15, -0.1) is 0 Å². The van der Waals surface area contributed by atoms with Crippen molar-refractivity contribution < 1.29 is 5.11 Å². The Morgan fingerprint density at radius 1 is 1.00 bits per heavy atom. The minimum atomic E-state index is 0.251. The van der Waals surface area contributed by atoms with Gasteiger partial charge >= 0.3 is 0 Å². The first-order valence-corrected chi connectivity index (χ1v) is 9.91. The van der Waals surface area contributed by atoms with Crippen LogP contribution in [0.2, 0.25) is 0 Å². The molecular formula is C24H30N2O. The van der Waals surface area contributed by atoms with Crippen molar-refractivity contribution in [1.29, 1.82) is 0 Å². The van der Waals surface area contributed by atoms with Gasteiger partial charge in [0.25, 0.3) is 0 Å². The lowest BCUT2D eigenvalue weighted by Crippen LogP contribution is -2.55. The molecule has 0 radical (unpaired) electrons. The third-order valence-electron chi connectivity index (χ3n) is 5.26. The highest BCUT2D eigenvalue weighted by molar-refractivity contribution is 5.46. The Morgan fingerprint density at radius 2 is 1.74 bits per heavy atom. The standard InChI is InChI=1S/C24H30N2O/c1-20(2)26-16-15-25(19-24(26)14-17-27)18-23-11-7-6-10-22(23)13-12-21-8-4-3-5-9-21/h3-11,20,24,27H,14-19H2,1-2H3. The van der Waals surface area contributed by atoms with Crippen LogP contribution in [0.25, 0.3) is 0 Å². The van der Waals surface area contributed by atoms with Gasteiger partial charge in [0.05, 0.1) is 0 Å². The highest BCUT2D eigenvalue weighted by atomic mass is 16.3. The summed E-state index contributed by atoms with van der Waals surface area (Å²) in [4.78, 5) is 5.02. The summed E-state index contributed by atoms with van der Waals surface area (Å²) in [5.74, 6) is 6.64. The summed E-state index contributed by atoms with van der Waals surface area (Å²) in [7, 11) is 0. The third-order valence-corrected chi connectivity index (χ3v) is 5.26. The van der Waals surface area contributed by atoms with Gasteiger partial charge in [-0.2, -0.15) is 0 Å². The molecule has 0 aliphatic carbocycles. The summed E-state index contributed by atoms with van der Waals surface area (Å²) in [5.41, 5.74) is 3.42. The van der Waals surface area contributed by atoms with E-state index in [0.29, 0.717) is 12.1 Å². The largest absolute Gasteiger partial charge is 0.396 e. The van der Waals surface area contributed by atoms with E-state index in [1.807, 2.05) is 30.3 Å². The molecule has 3 nitrogen and oxygen atoms in total. The molecule has 1 heterocycles. The topological polar surface area (TPSA) is 26.7 Å². The molecule has 3 rings (SSSR count). The summed E-state index contributed by atoms with van der Waals surface area (Å²) in [6.07, 6.45) is 0.837. The monoisotopic (exact) mass is 362 g/mol. The first kappa shape index (κ1) is 19.6. The molecule has 1 unspecified atom stereocenters. The summed E-state index contributed by atoms with van der Waals surface area (Å²) >= 11 is 0. The summed E-state index contributed by atoms with van der Waals surface area (Å²) in [5, 5.41) is 9.45. The van der Waals surface area contributed by atoms with Crippen molar-refractivity contribution in [3.05, 3.63) is 71.3 Å². The fourth-order valence-corrected chi connectivity index (χ4v) is 3.85. The SMILES string of the molecule is CC(C)N1CCN(Cc2ccccc2C#Cc2ccccc2)CC1CCO. The van der Waals surface area contributed by atoms with Crippen LogP contribution >= 0.6 is 0 Å². The van der Waals surface area contributed by atoms with E-state index >= 15 is 0 Å². The minimum Gasteiger partial charge on any atom is -0.396 e. The number of piperazine rings is 1. The molecule has 1 atom stereocenters. The summed E-state index contributed by atoms with van der Waals surface area (Å²) < 4.78 is 0. The van der Waals surface area contributed by atoms with Crippen LogP contribution in [0.3, 0.4) is 0 Å². The molecule has 1 aliphatic heterocycles. The Balaban J connectivity index is 1.72. The highest BCUT2D eigenvalue weighted by Gasteiger charge is 2.28. The molecular weight excluding hydrogens is 332 g/mol. The highest BCUT2D eigenvalue weighted by Crippen LogP contribution is 2.19. The molecule has 1 saturated heterocycles. The molecule has 1 aliphatic rings. The van der Waals surface area contributed by atoms with Crippen LogP contribution in [-0.2, 0) is 6.54 Å². The Bertz CT molecular complexity index is 776. The Kier molecular flexibility index (Phi) is 7.06. The lowest BCUT2D eigenvalue weighted by molar-refractivity contribution is 0.0349. The first-order valence-electron chi connectivity index (χ1n) is 9.91. The lowest BCUT2D eigenvalue weighted by atomic mass is 10.0. The van der Waals surface area contributed by atoms with Crippen LogP contribution in [0.15, 0.2) is 54.6 Å². The summed E-state index contributed by atoms with van der Waals surface area (Å²) in [6.45, 7) is 8.76. The quantitative estimate of drug-likeness (QED) is 0.826. The average molecular weight is 363 g/mol. The maximum atomic E-state index is 9.45. The molecule has 2 aromatic carbocycles. The number of benzene rings is 2. The Labute approximate surface area is 163 Å². The molecule has 0 amide bonds. The van der Waals surface area contributed by atoms with E-state index in [1.165, 1.54) is 5.56 Å². The second-order valence-corrected chi connectivity index (χ2v) is 7.51. The van der Waals surface area contributed by atoms with Gasteiger partial charge in [-0.05, 0) is 44.0 Å². The van der Waals surface area contributed by atoms with Crippen LogP contribution in [0, 0.1) is 11.8 Å². The minimum absolute atomic E-state index is 0.251. The molecule has 0 saturated carbocycles. The number of rotatable bonds is 5. The van der Waals surface area contributed by atoms with Gasteiger partial charge in [-0.3, -0.25) is 9.80 Å². The van der Waals surface area contributed by atoms with Crippen molar-refractivity contribution in [2.45, 2.75) is 38.9 Å². The van der Waals surface area contributed by atoms with Crippen LogP contribution < -0.4 is 0 Å². The van der Waals surface area contributed by atoms with E-state index in [9.17, 15) is 5.11 Å². The van der Waals surface area contributed by atoms with E-state index in [4.69, 9.17) is 0 Å². The third kappa shape index (κ3) is 5.43. The predicted octanol–water partition coefficient (Wildman–Crippen LogP) is 3.36.